The molecule has 0 unspecified atom stereocenters. The number of hydrogen-bond acceptors (Lipinski definition) is 6. The Morgan fingerprint density at radius 1 is 1.25 bits per heavy atom. The number of benzene rings is 1. The summed E-state index contributed by atoms with van der Waals surface area (Å²) in [5, 5.41) is 7.33. The van der Waals surface area contributed by atoms with E-state index in [-0.39, 0.29) is 12.5 Å². The van der Waals surface area contributed by atoms with Gasteiger partial charge in [0.2, 0.25) is 5.91 Å². The molecular formula is C20H24N6O2. The van der Waals surface area contributed by atoms with E-state index in [1.54, 1.807) is 30.3 Å². The first-order valence-electron chi connectivity index (χ1n) is 9.04. The van der Waals surface area contributed by atoms with Crippen molar-refractivity contribution in [3.8, 4) is 11.6 Å². The monoisotopic (exact) mass is 380 g/mol. The van der Waals surface area contributed by atoms with Crippen LogP contribution in [0.5, 0.6) is 5.75 Å². The Hall–Kier alpha value is -3.42. The molecule has 0 fully saturated rings. The van der Waals surface area contributed by atoms with Gasteiger partial charge in [-0.05, 0) is 39.0 Å². The SMILES string of the molecule is CCN(CC(=O)Nc1cccc(OC)c1)c1cncc(-n2nc(C)cc2C)n1. The highest BCUT2D eigenvalue weighted by Gasteiger charge is 2.14. The lowest BCUT2D eigenvalue weighted by molar-refractivity contribution is -0.115. The van der Waals surface area contributed by atoms with Crippen molar-refractivity contribution in [2.24, 2.45) is 0 Å². The zero-order chi connectivity index (χ0) is 20.1. The van der Waals surface area contributed by atoms with Crippen molar-refractivity contribution in [1.29, 1.82) is 0 Å². The molecule has 8 nitrogen and oxygen atoms in total. The van der Waals surface area contributed by atoms with E-state index in [0.29, 0.717) is 29.6 Å². The van der Waals surface area contributed by atoms with E-state index >= 15 is 0 Å². The number of nitrogens with zero attached hydrogens (tertiary/aromatic N) is 5. The van der Waals surface area contributed by atoms with Gasteiger partial charge in [-0.25, -0.2) is 9.67 Å². The lowest BCUT2D eigenvalue weighted by atomic mass is 10.3. The maximum atomic E-state index is 12.5. The number of amides is 1. The van der Waals surface area contributed by atoms with Crippen molar-refractivity contribution < 1.29 is 9.53 Å². The number of carbonyl (C=O) groups is 1. The molecule has 1 N–H and O–H groups in total. The molecule has 2 heterocycles. The summed E-state index contributed by atoms with van der Waals surface area (Å²) in [5.41, 5.74) is 2.57. The molecule has 0 spiro atoms. The van der Waals surface area contributed by atoms with Gasteiger partial charge in [0, 0.05) is 24.0 Å². The van der Waals surface area contributed by atoms with Crippen LogP contribution in [-0.4, -0.2) is 45.9 Å². The van der Waals surface area contributed by atoms with Crippen molar-refractivity contribution in [2.75, 3.05) is 30.4 Å². The molecule has 0 aliphatic heterocycles. The highest BCUT2D eigenvalue weighted by Crippen LogP contribution is 2.18. The number of rotatable bonds is 7. The van der Waals surface area contributed by atoms with E-state index in [9.17, 15) is 4.79 Å². The van der Waals surface area contributed by atoms with Crippen LogP contribution in [0.1, 0.15) is 18.3 Å². The molecule has 146 valence electrons. The van der Waals surface area contributed by atoms with Gasteiger partial charge in [-0.2, -0.15) is 5.10 Å². The number of ether oxygens (including phenoxy) is 1. The number of likely N-dealkylation sites (N-methyl/N-ethyl adjacent to an activating group) is 1. The minimum Gasteiger partial charge on any atom is -0.497 e. The maximum absolute atomic E-state index is 12.5. The van der Waals surface area contributed by atoms with Gasteiger partial charge in [0.05, 0.1) is 31.7 Å². The number of aryl methyl sites for hydroxylation is 2. The predicted molar refractivity (Wildman–Crippen MR) is 108 cm³/mol. The van der Waals surface area contributed by atoms with Crippen LogP contribution in [0.2, 0.25) is 0 Å². The number of methoxy groups -OCH3 is 1. The fourth-order valence-corrected chi connectivity index (χ4v) is 2.89. The topological polar surface area (TPSA) is 85.2 Å². The zero-order valence-corrected chi connectivity index (χ0v) is 16.5. The Balaban J connectivity index is 1.75. The second-order valence-corrected chi connectivity index (χ2v) is 6.37. The van der Waals surface area contributed by atoms with Crippen LogP contribution < -0.4 is 15.0 Å². The molecule has 0 saturated carbocycles. The Bertz CT molecular complexity index is 969. The quantitative estimate of drug-likeness (QED) is 0.678. The summed E-state index contributed by atoms with van der Waals surface area (Å²) in [6.45, 7) is 6.63. The molecule has 0 aliphatic carbocycles. The molecule has 0 radical (unpaired) electrons. The van der Waals surface area contributed by atoms with E-state index in [1.807, 2.05) is 49.9 Å². The summed E-state index contributed by atoms with van der Waals surface area (Å²) in [6, 6.07) is 9.23. The summed E-state index contributed by atoms with van der Waals surface area (Å²) in [5.74, 6) is 1.78. The van der Waals surface area contributed by atoms with E-state index in [1.165, 1.54) is 0 Å². The molecule has 3 aromatic rings. The number of carbonyl (C=O) groups excluding carboxylic acids is 1. The Morgan fingerprint density at radius 2 is 2.07 bits per heavy atom. The van der Waals surface area contributed by atoms with Crippen LogP contribution in [0.15, 0.2) is 42.7 Å². The average molecular weight is 380 g/mol. The summed E-state index contributed by atoms with van der Waals surface area (Å²) in [6.07, 6.45) is 3.31. The fourth-order valence-electron chi connectivity index (χ4n) is 2.89. The first-order chi connectivity index (χ1) is 13.5. The molecular weight excluding hydrogens is 356 g/mol. The van der Waals surface area contributed by atoms with Crippen molar-refractivity contribution in [1.82, 2.24) is 19.7 Å². The van der Waals surface area contributed by atoms with E-state index in [0.717, 1.165) is 11.4 Å². The van der Waals surface area contributed by atoms with Gasteiger partial charge >= 0.3 is 0 Å². The number of aromatic nitrogens is 4. The van der Waals surface area contributed by atoms with Crippen LogP contribution >= 0.6 is 0 Å². The molecule has 0 saturated heterocycles. The molecule has 2 aromatic heterocycles. The van der Waals surface area contributed by atoms with Crippen LogP contribution in [-0.2, 0) is 4.79 Å². The highest BCUT2D eigenvalue weighted by molar-refractivity contribution is 5.94. The second kappa shape index (κ2) is 8.51. The molecule has 28 heavy (non-hydrogen) atoms. The normalized spacial score (nSPS) is 10.6. The highest BCUT2D eigenvalue weighted by atomic mass is 16.5. The first kappa shape index (κ1) is 19.3. The fraction of sp³-hybridized carbons (Fsp3) is 0.300. The Labute approximate surface area is 164 Å². The maximum Gasteiger partial charge on any atom is 0.243 e. The minimum atomic E-state index is -0.145. The summed E-state index contributed by atoms with van der Waals surface area (Å²) >= 11 is 0. The van der Waals surface area contributed by atoms with Crippen LogP contribution in [0.25, 0.3) is 5.82 Å². The lowest BCUT2D eigenvalue weighted by Crippen LogP contribution is -2.34. The van der Waals surface area contributed by atoms with Gasteiger partial charge in [-0.3, -0.25) is 9.78 Å². The largest absolute Gasteiger partial charge is 0.497 e. The number of hydrogen-bond donors (Lipinski definition) is 1. The van der Waals surface area contributed by atoms with Crippen molar-refractivity contribution in [3.05, 3.63) is 54.1 Å². The molecule has 8 heteroatoms. The first-order valence-corrected chi connectivity index (χ1v) is 9.04. The van der Waals surface area contributed by atoms with Crippen molar-refractivity contribution in [3.63, 3.8) is 0 Å². The molecule has 0 aliphatic rings. The molecule has 1 aromatic carbocycles. The molecule has 3 rings (SSSR count). The van der Waals surface area contributed by atoms with Gasteiger partial charge in [0.1, 0.15) is 11.6 Å². The Kier molecular flexibility index (Phi) is 5.88. The molecule has 1 amide bonds. The summed E-state index contributed by atoms with van der Waals surface area (Å²) in [4.78, 5) is 23.3. The standard InChI is InChI=1S/C20H24N6O2/c1-5-25(13-20(27)22-16-7-6-8-17(10-16)28-4)18-11-21-12-19(23-18)26-15(3)9-14(2)24-26/h6-12H,5,13H2,1-4H3,(H,22,27). The van der Waals surface area contributed by atoms with Gasteiger partial charge in [-0.1, -0.05) is 6.07 Å². The van der Waals surface area contributed by atoms with E-state index < -0.39 is 0 Å². The van der Waals surface area contributed by atoms with E-state index in [4.69, 9.17) is 4.74 Å². The van der Waals surface area contributed by atoms with Crippen LogP contribution in [0, 0.1) is 13.8 Å². The summed E-state index contributed by atoms with van der Waals surface area (Å²) < 4.78 is 6.93. The summed E-state index contributed by atoms with van der Waals surface area (Å²) in [7, 11) is 1.59. The third-order valence-corrected chi connectivity index (χ3v) is 4.23. The third-order valence-electron chi connectivity index (χ3n) is 4.23. The van der Waals surface area contributed by atoms with Gasteiger partial charge in [-0.15, -0.1) is 0 Å². The molecule has 0 atom stereocenters. The van der Waals surface area contributed by atoms with Crippen molar-refractivity contribution in [2.45, 2.75) is 20.8 Å². The van der Waals surface area contributed by atoms with E-state index in [2.05, 4.69) is 20.4 Å². The van der Waals surface area contributed by atoms with Crippen LogP contribution in [0.3, 0.4) is 0 Å². The number of anilines is 2. The van der Waals surface area contributed by atoms with Crippen molar-refractivity contribution >= 4 is 17.4 Å². The zero-order valence-electron chi connectivity index (χ0n) is 16.5. The molecule has 0 bridgehead atoms. The number of nitrogens with one attached hydrogen (secondary N) is 1. The van der Waals surface area contributed by atoms with Gasteiger partial charge < -0.3 is 15.0 Å². The second-order valence-electron chi connectivity index (χ2n) is 6.37. The lowest BCUT2D eigenvalue weighted by Gasteiger charge is -2.21. The van der Waals surface area contributed by atoms with Gasteiger partial charge in [0.25, 0.3) is 0 Å². The smallest absolute Gasteiger partial charge is 0.243 e. The third kappa shape index (κ3) is 4.46. The average Bonchev–Trinajstić information content (AvgIpc) is 3.04. The predicted octanol–water partition coefficient (Wildman–Crippen LogP) is 2.75. The van der Waals surface area contributed by atoms with Crippen LogP contribution in [0.4, 0.5) is 11.5 Å². The Morgan fingerprint density at radius 3 is 2.75 bits per heavy atom. The minimum absolute atomic E-state index is 0.145. The van der Waals surface area contributed by atoms with Gasteiger partial charge in [0.15, 0.2) is 5.82 Å².